The predicted molar refractivity (Wildman–Crippen MR) is 134 cm³/mol. The number of hydrogen-bond acceptors (Lipinski definition) is 4. The highest BCUT2D eigenvalue weighted by Gasteiger charge is 2.44. The number of rotatable bonds is 7. The molecule has 0 saturated carbocycles. The summed E-state index contributed by atoms with van der Waals surface area (Å²) in [6.07, 6.45) is 0. The van der Waals surface area contributed by atoms with Crippen LogP contribution in [-0.2, 0) is 20.8 Å². The van der Waals surface area contributed by atoms with Crippen molar-refractivity contribution in [3.63, 3.8) is 0 Å². The zero-order chi connectivity index (χ0) is 24.0. The summed E-state index contributed by atoms with van der Waals surface area (Å²) in [5.41, 5.74) is 7.32. The van der Waals surface area contributed by atoms with Crippen LogP contribution in [0, 0.1) is 6.92 Å². The molecule has 6 nitrogen and oxygen atoms in total. The average molecular weight is 458 g/mol. The minimum absolute atomic E-state index is 0.0699. The first-order valence-corrected chi connectivity index (χ1v) is 11.5. The lowest BCUT2D eigenvalue weighted by atomic mass is 9.78. The molecule has 1 N–H and O–H groups in total. The Bertz CT molecular complexity index is 1420. The zero-order valence-electron chi connectivity index (χ0n) is 20.0. The van der Waals surface area contributed by atoms with Crippen molar-refractivity contribution < 1.29 is 24.0 Å². The van der Waals surface area contributed by atoms with Gasteiger partial charge >= 0.3 is 0 Å². The van der Waals surface area contributed by atoms with E-state index >= 15 is 0 Å². The Labute approximate surface area is 199 Å². The van der Waals surface area contributed by atoms with E-state index in [9.17, 15) is 9.90 Å². The molecule has 174 valence electrons. The van der Waals surface area contributed by atoms with E-state index in [1.54, 1.807) is 14.2 Å². The highest BCUT2D eigenvalue weighted by molar-refractivity contribution is 6.47. The fraction of sp³-hybridized carbons (Fsp3) is 0.286. The van der Waals surface area contributed by atoms with Crippen LogP contribution in [0.15, 0.2) is 59.9 Å². The van der Waals surface area contributed by atoms with Gasteiger partial charge in [0, 0.05) is 55.9 Å². The summed E-state index contributed by atoms with van der Waals surface area (Å²) in [6.45, 7) is 6.48. The summed E-state index contributed by atoms with van der Waals surface area (Å²) >= 11 is 0. The van der Waals surface area contributed by atoms with Crippen LogP contribution in [-0.4, -0.2) is 59.7 Å². The number of fused-ring (bicyclic) bond motifs is 2. The Kier molecular flexibility index (Phi) is 5.71. The van der Waals surface area contributed by atoms with Crippen molar-refractivity contribution in [3.05, 3.63) is 76.7 Å². The summed E-state index contributed by atoms with van der Waals surface area (Å²) in [7, 11) is 3.36. The number of aliphatic hydroxyl groups excluding tert-OH is 1. The molecule has 1 aromatic heterocycles. The number of hydrogen-bond donors (Lipinski definition) is 1. The van der Waals surface area contributed by atoms with E-state index in [-0.39, 0.29) is 11.5 Å². The van der Waals surface area contributed by atoms with Crippen molar-refractivity contribution >= 4 is 39.2 Å². The third-order valence-corrected chi connectivity index (χ3v) is 6.93. The summed E-state index contributed by atoms with van der Waals surface area (Å²) in [6, 6.07) is 16.0. The van der Waals surface area contributed by atoms with Crippen molar-refractivity contribution in [2.45, 2.75) is 20.4 Å². The number of aliphatic hydroxyl groups is 1. The lowest BCUT2D eigenvalue weighted by molar-refractivity contribution is -0.441. The Morgan fingerprint density at radius 1 is 0.912 bits per heavy atom. The molecule has 3 aromatic rings. The number of allylic oxidation sites excluding steroid dienone is 3. The summed E-state index contributed by atoms with van der Waals surface area (Å²) in [5.74, 6) is -0.0477. The van der Waals surface area contributed by atoms with E-state index in [2.05, 4.69) is 9.14 Å². The van der Waals surface area contributed by atoms with Crippen molar-refractivity contribution in [1.29, 1.82) is 0 Å². The Morgan fingerprint density at radius 3 is 2.35 bits per heavy atom. The van der Waals surface area contributed by atoms with Gasteiger partial charge in [-0.2, -0.15) is 4.58 Å². The fourth-order valence-electron chi connectivity index (χ4n) is 5.30. The molecule has 0 amide bonds. The molecule has 2 aliphatic rings. The number of para-hydroxylation sites is 2. The standard InChI is InChI=1S/C28H28N2O4/c1-17-23(19-9-5-7-11-21(19)29(17)13-15-33-3)25-27(31)26(28(25)32)24-18(2)30(14-16-34-4)22-12-8-6-10-20(22)24/h5-12H,13-16H2,1-4H3/p+1. The first-order valence-electron chi connectivity index (χ1n) is 11.5. The number of benzene rings is 2. The molecule has 0 unspecified atom stereocenters. The van der Waals surface area contributed by atoms with Gasteiger partial charge in [-0.25, -0.2) is 0 Å². The second-order valence-corrected chi connectivity index (χ2v) is 8.67. The maximum atomic E-state index is 13.7. The van der Waals surface area contributed by atoms with Crippen LogP contribution in [0.1, 0.15) is 23.7 Å². The first-order chi connectivity index (χ1) is 16.5. The average Bonchev–Trinajstić information content (AvgIpc) is 3.27. The number of nitrogens with zero attached hydrogens (tertiary/aromatic N) is 2. The van der Waals surface area contributed by atoms with Gasteiger partial charge in [0.05, 0.1) is 28.9 Å². The SMILES string of the molecule is COCCn1c(C)c(C2=C(O)C(=C3C(C)=[N+](CCOC)c4ccccc43)C2=O)c2ccccc21. The first kappa shape index (κ1) is 22.3. The quantitative estimate of drug-likeness (QED) is 0.414. The molecule has 0 saturated heterocycles. The van der Waals surface area contributed by atoms with Crippen LogP contribution in [0.4, 0.5) is 5.69 Å². The van der Waals surface area contributed by atoms with Gasteiger partial charge in [0.2, 0.25) is 11.5 Å². The van der Waals surface area contributed by atoms with Gasteiger partial charge in [0.25, 0.3) is 0 Å². The minimum Gasteiger partial charge on any atom is -0.506 e. The topological polar surface area (TPSA) is 63.7 Å². The van der Waals surface area contributed by atoms with E-state index in [4.69, 9.17) is 9.47 Å². The van der Waals surface area contributed by atoms with Crippen LogP contribution in [0.3, 0.4) is 0 Å². The largest absolute Gasteiger partial charge is 0.506 e. The number of aromatic nitrogens is 1. The number of carbonyl (C=O) groups is 1. The molecule has 1 aliphatic carbocycles. The number of methoxy groups -OCH3 is 2. The molecule has 0 radical (unpaired) electrons. The number of carbonyl (C=O) groups excluding carboxylic acids is 1. The molecule has 2 aromatic carbocycles. The van der Waals surface area contributed by atoms with Gasteiger partial charge < -0.3 is 19.1 Å². The summed E-state index contributed by atoms with van der Waals surface area (Å²) in [5, 5.41) is 12.3. The van der Waals surface area contributed by atoms with Gasteiger partial charge in [-0.1, -0.05) is 30.3 Å². The second-order valence-electron chi connectivity index (χ2n) is 8.67. The lowest BCUT2D eigenvalue weighted by Gasteiger charge is -2.23. The zero-order valence-corrected chi connectivity index (χ0v) is 20.0. The van der Waals surface area contributed by atoms with Gasteiger partial charge in [-0.15, -0.1) is 0 Å². The molecule has 2 heterocycles. The highest BCUT2D eigenvalue weighted by Crippen LogP contribution is 2.47. The monoisotopic (exact) mass is 457 g/mol. The fourth-order valence-corrected chi connectivity index (χ4v) is 5.30. The number of ether oxygens (including phenoxy) is 2. The maximum absolute atomic E-state index is 13.7. The molecule has 0 atom stereocenters. The Balaban J connectivity index is 1.70. The third kappa shape index (κ3) is 3.17. The van der Waals surface area contributed by atoms with Crippen LogP contribution in [0.25, 0.3) is 22.0 Å². The van der Waals surface area contributed by atoms with Crippen LogP contribution in [0.5, 0.6) is 0 Å². The Morgan fingerprint density at radius 2 is 1.62 bits per heavy atom. The van der Waals surface area contributed by atoms with E-state index < -0.39 is 0 Å². The smallest absolute Gasteiger partial charge is 0.213 e. The molecule has 34 heavy (non-hydrogen) atoms. The molecule has 6 heteroatoms. The molecule has 1 aliphatic heterocycles. The van der Waals surface area contributed by atoms with E-state index in [1.165, 1.54) is 0 Å². The minimum atomic E-state index is -0.118. The summed E-state index contributed by atoms with van der Waals surface area (Å²) in [4.78, 5) is 13.7. The van der Waals surface area contributed by atoms with Gasteiger partial charge in [-0.3, -0.25) is 4.79 Å². The lowest BCUT2D eigenvalue weighted by Crippen LogP contribution is -2.25. The van der Waals surface area contributed by atoms with Crippen molar-refractivity contribution in [1.82, 2.24) is 4.57 Å². The van der Waals surface area contributed by atoms with Crippen molar-refractivity contribution in [2.75, 3.05) is 34.0 Å². The molecule has 0 fully saturated rings. The van der Waals surface area contributed by atoms with Gasteiger partial charge in [-0.05, 0) is 19.1 Å². The summed E-state index contributed by atoms with van der Waals surface area (Å²) < 4.78 is 14.9. The molecule has 0 bridgehead atoms. The van der Waals surface area contributed by atoms with Crippen LogP contribution in [0.2, 0.25) is 0 Å². The normalized spacial score (nSPS) is 17.7. The second kappa shape index (κ2) is 8.70. The number of Topliss-reactive ketones (excluding diaryl/α,β-unsaturated/α-hetero) is 1. The Hall–Kier alpha value is -3.48. The molecular formula is C28H29N2O4+. The van der Waals surface area contributed by atoms with Crippen LogP contribution >= 0.6 is 0 Å². The van der Waals surface area contributed by atoms with Crippen molar-refractivity contribution in [2.24, 2.45) is 0 Å². The molecule has 5 rings (SSSR count). The van der Waals surface area contributed by atoms with E-state index in [1.807, 2.05) is 62.4 Å². The van der Waals surface area contributed by atoms with Crippen molar-refractivity contribution in [3.8, 4) is 0 Å². The van der Waals surface area contributed by atoms with Gasteiger partial charge in [0.1, 0.15) is 12.4 Å². The van der Waals surface area contributed by atoms with E-state index in [0.717, 1.165) is 44.7 Å². The predicted octanol–water partition coefficient (Wildman–Crippen LogP) is 4.67. The number of ketones is 1. The molecular weight excluding hydrogens is 428 g/mol. The van der Waals surface area contributed by atoms with E-state index in [0.29, 0.717) is 37.4 Å². The van der Waals surface area contributed by atoms with Gasteiger partial charge in [0.15, 0.2) is 12.3 Å². The third-order valence-electron chi connectivity index (χ3n) is 6.93. The maximum Gasteiger partial charge on any atom is 0.213 e. The molecule has 0 spiro atoms. The highest BCUT2D eigenvalue weighted by atomic mass is 16.5. The van der Waals surface area contributed by atoms with Crippen LogP contribution < -0.4 is 0 Å².